The van der Waals surface area contributed by atoms with Crippen LogP contribution in [0.1, 0.15) is 25.8 Å². The lowest BCUT2D eigenvalue weighted by Crippen LogP contribution is -2.38. The van der Waals surface area contributed by atoms with Crippen molar-refractivity contribution in [2.45, 2.75) is 43.1 Å². The van der Waals surface area contributed by atoms with Crippen molar-refractivity contribution in [1.82, 2.24) is 25.1 Å². The first-order chi connectivity index (χ1) is 16.5. The first-order valence-electron chi connectivity index (χ1n) is 11.1. The van der Waals surface area contributed by atoms with Crippen molar-refractivity contribution >= 4 is 29.3 Å². The highest BCUT2D eigenvalue weighted by atomic mass is 35.5. The number of hydrogen-bond donors (Lipinski definition) is 1. The normalized spacial score (nSPS) is 12.8. The Morgan fingerprint density at radius 3 is 2.41 bits per heavy atom. The molecule has 0 radical (unpaired) electrons. The summed E-state index contributed by atoms with van der Waals surface area (Å²) in [6, 6.07) is 21.6. The summed E-state index contributed by atoms with van der Waals surface area (Å²) in [5.74, 6) is 0.651. The van der Waals surface area contributed by atoms with E-state index in [4.69, 9.17) is 11.6 Å². The molecule has 2 aromatic carbocycles. The summed E-state index contributed by atoms with van der Waals surface area (Å²) >= 11 is 7.48. The van der Waals surface area contributed by atoms with Crippen LogP contribution in [0.2, 0.25) is 5.02 Å². The maximum atomic E-state index is 12.9. The summed E-state index contributed by atoms with van der Waals surface area (Å²) in [5.41, 5.74) is 3.02. The quantitative estimate of drug-likeness (QED) is 0.308. The predicted octanol–water partition coefficient (Wildman–Crippen LogP) is 5.60. The van der Waals surface area contributed by atoms with Gasteiger partial charge in [-0.25, -0.2) is 0 Å². The fourth-order valence-electron chi connectivity index (χ4n) is 3.53. The molecule has 2 aromatic heterocycles. The zero-order valence-electron chi connectivity index (χ0n) is 19.1. The monoisotopic (exact) mass is 491 g/mol. The SMILES string of the molecule is C[C@H](CCc1ccccc1)NC(=O)[C@H](C)Sc1nnc(-c2ccncc2)n1-c1ccc(Cl)cc1. The number of benzene rings is 2. The highest BCUT2D eigenvalue weighted by Gasteiger charge is 2.22. The molecule has 1 N–H and O–H groups in total. The number of hydrogen-bond acceptors (Lipinski definition) is 5. The maximum absolute atomic E-state index is 12.9. The van der Waals surface area contributed by atoms with Gasteiger partial charge < -0.3 is 5.32 Å². The number of aromatic nitrogens is 4. The molecular formula is C26H26ClN5OS. The Morgan fingerprint density at radius 1 is 1.00 bits per heavy atom. The number of rotatable bonds is 9. The van der Waals surface area contributed by atoms with Crippen LogP contribution in [0.15, 0.2) is 84.3 Å². The summed E-state index contributed by atoms with van der Waals surface area (Å²) < 4.78 is 1.94. The largest absolute Gasteiger partial charge is 0.353 e. The minimum Gasteiger partial charge on any atom is -0.353 e. The average molecular weight is 492 g/mol. The molecule has 0 aliphatic carbocycles. The van der Waals surface area contributed by atoms with Crippen molar-refractivity contribution in [2.24, 2.45) is 0 Å². The third-order valence-corrected chi connectivity index (χ3v) is 6.70. The van der Waals surface area contributed by atoms with Gasteiger partial charge in [-0.1, -0.05) is 53.7 Å². The fourth-order valence-corrected chi connectivity index (χ4v) is 4.53. The van der Waals surface area contributed by atoms with E-state index in [-0.39, 0.29) is 17.2 Å². The number of carbonyl (C=O) groups is 1. The molecule has 1 amide bonds. The van der Waals surface area contributed by atoms with E-state index < -0.39 is 0 Å². The van der Waals surface area contributed by atoms with E-state index in [2.05, 4.69) is 32.6 Å². The summed E-state index contributed by atoms with van der Waals surface area (Å²) in [5, 5.41) is 12.9. The first-order valence-corrected chi connectivity index (χ1v) is 12.4. The van der Waals surface area contributed by atoms with Crippen LogP contribution in [-0.2, 0) is 11.2 Å². The second kappa shape index (κ2) is 11.3. The van der Waals surface area contributed by atoms with E-state index in [0.29, 0.717) is 16.0 Å². The van der Waals surface area contributed by atoms with Crippen molar-refractivity contribution in [3.63, 3.8) is 0 Å². The molecule has 0 spiro atoms. The van der Waals surface area contributed by atoms with Gasteiger partial charge in [0.05, 0.1) is 5.25 Å². The van der Waals surface area contributed by atoms with Crippen LogP contribution in [0, 0.1) is 0 Å². The van der Waals surface area contributed by atoms with Crippen LogP contribution >= 0.6 is 23.4 Å². The molecule has 0 saturated carbocycles. The zero-order chi connectivity index (χ0) is 23.9. The second-order valence-electron chi connectivity index (χ2n) is 8.05. The summed E-state index contributed by atoms with van der Waals surface area (Å²) in [6.07, 6.45) is 5.23. The Morgan fingerprint density at radius 2 is 1.71 bits per heavy atom. The van der Waals surface area contributed by atoms with E-state index in [1.807, 2.05) is 73.0 Å². The number of amides is 1. The molecule has 4 rings (SSSR count). The molecule has 0 unspecified atom stereocenters. The van der Waals surface area contributed by atoms with E-state index in [1.165, 1.54) is 17.3 Å². The molecular weight excluding hydrogens is 466 g/mol. The molecule has 0 aliphatic heterocycles. The highest BCUT2D eigenvalue weighted by molar-refractivity contribution is 8.00. The van der Waals surface area contributed by atoms with Crippen LogP contribution in [0.4, 0.5) is 0 Å². The van der Waals surface area contributed by atoms with Crippen molar-refractivity contribution in [1.29, 1.82) is 0 Å². The third kappa shape index (κ3) is 6.04. The Hall–Kier alpha value is -3.16. The number of thioether (sulfide) groups is 1. The van der Waals surface area contributed by atoms with E-state index in [0.717, 1.165) is 24.1 Å². The lowest BCUT2D eigenvalue weighted by Gasteiger charge is -2.18. The van der Waals surface area contributed by atoms with E-state index in [9.17, 15) is 4.79 Å². The lowest BCUT2D eigenvalue weighted by atomic mass is 10.1. The molecule has 0 saturated heterocycles. The molecule has 4 aromatic rings. The van der Waals surface area contributed by atoms with Crippen molar-refractivity contribution in [3.05, 3.63) is 89.7 Å². The van der Waals surface area contributed by atoms with Crippen LogP contribution < -0.4 is 5.32 Å². The van der Waals surface area contributed by atoms with Crippen LogP contribution in [0.5, 0.6) is 0 Å². The first kappa shape index (κ1) is 24.0. The van der Waals surface area contributed by atoms with Gasteiger partial charge in [-0.05, 0) is 68.7 Å². The Bertz CT molecular complexity index is 1220. The number of nitrogens with zero attached hydrogens (tertiary/aromatic N) is 4. The minimum absolute atomic E-state index is 0.0262. The van der Waals surface area contributed by atoms with Crippen molar-refractivity contribution in [2.75, 3.05) is 0 Å². The number of pyridine rings is 1. The summed E-state index contributed by atoms with van der Waals surface area (Å²) in [4.78, 5) is 17.0. The molecule has 174 valence electrons. The van der Waals surface area contributed by atoms with Gasteiger partial charge in [-0.2, -0.15) is 0 Å². The number of halogens is 1. The molecule has 0 fully saturated rings. The van der Waals surface area contributed by atoms with Gasteiger partial charge in [0, 0.05) is 34.7 Å². The van der Waals surface area contributed by atoms with Crippen LogP contribution in [0.3, 0.4) is 0 Å². The Balaban J connectivity index is 1.48. The predicted molar refractivity (Wildman–Crippen MR) is 137 cm³/mol. The van der Waals surface area contributed by atoms with E-state index in [1.54, 1.807) is 12.4 Å². The van der Waals surface area contributed by atoms with Gasteiger partial charge in [0.1, 0.15) is 0 Å². The van der Waals surface area contributed by atoms with Gasteiger partial charge in [0.25, 0.3) is 0 Å². The third-order valence-electron chi connectivity index (χ3n) is 5.41. The maximum Gasteiger partial charge on any atom is 0.233 e. The van der Waals surface area contributed by atoms with Crippen LogP contribution in [-0.4, -0.2) is 36.9 Å². The van der Waals surface area contributed by atoms with Crippen molar-refractivity contribution < 1.29 is 4.79 Å². The highest BCUT2D eigenvalue weighted by Crippen LogP contribution is 2.30. The van der Waals surface area contributed by atoms with Gasteiger partial charge in [0.2, 0.25) is 5.91 Å². The van der Waals surface area contributed by atoms with Gasteiger partial charge in [0.15, 0.2) is 11.0 Å². The molecule has 6 nitrogen and oxygen atoms in total. The molecule has 2 atom stereocenters. The van der Waals surface area contributed by atoms with Crippen molar-refractivity contribution in [3.8, 4) is 17.1 Å². The number of nitrogens with one attached hydrogen (secondary N) is 1. The average Bonchev–Trinajstić information content (AvgIpc) is 3.27. The van der Waals surface area contributed by atoms with Gasteiger partial charge >= 0.3 is 0 Å². The molecule has 2 heterocycles. The summed E-state index contributed by atoms with van der Waals surface area (Å²) in [7, 11) is 0. The second-order valence-corrected chi connectivity index (χ2v) is 9.79. The van der Waals surface area contributed by atoms with Gasteiger partial charge in [-0.3, -0.25) is 14.3 Å². The number of carbonyl (C=O) groups excluding carboxylic acids is 1. The standard InChI is InChI=1S/C26H26ClN5OS/c1-18(8-9-20-6-4-3-5-7-20)29-25(33)19(2)34-26-31-30-24(21-14-16-28-17-15-21)32(26)23-12-10-22(27)11-13-23/h3-7,10-19H,8-9H2,1-2H3,(H,29,33)/t18-,19+/m1/s1. The fraction of sp³-hybridized carbons (Fsp3) is 0.231. The lowest BCUT2D eigenvalue weighted by molar-refractivity contribution is -0.120. The zero-order valence-corrected chi connectivity index (χ0v) is 20.6. The smallest absolute Gasteiger partial charge is 0.233 e. The molecule has 34 heavy (non-hydrogen) atoms. The molecule has 0 aliphatic rings. The topological polar surface area (TPSA) is 72.7 Å². The Labute approximate surface area is 208 Å². The molecule has 0 bridgehead atoms. The van der Waals surface area contributed by atoms with Gasteiger partial charge in [-0.15, -0.1) is 10.2 Å². The summed E-state index contributed by atoms with van der Waals surface area (Å²) in [6.45, 7) is 3.92. The number of aryl methyl sites for hydroxylation is 1. The van der Waals surface area contributed by atoms with Crippen LogP contribution in [0.25, 0.3) is 17.1 Å². The Kier molecular flexibility index (Phi) is 7.98. The molecule has 8 heteroatoms. The minimum atomic E-state index is -0.347. The van der Waals surface area contributed by atoms with E-state index >= 15 is 0 Å².